The van der Waals surface area contributed by atoms with Gasteiger partial charge in [-0.25, -0.2) is 9.97 Å². The highest BCUT2D eigenvalue weighted by molar-refractivity contribution is 6.32. The summed E-state index contributed by atoms with van der Waals surface area (Å²) in [7, 11) is 2.00. The maximum absolute atomic E-state index is 6.12. The van der Waals surface area contributed by atoms with E-state index in [1.54, 1.807) is 0 Å². The van der Waals surface area contributed by atoms with Gasteiger partial charge in [0.05, 0.1) is 5.02 Å². The summed E-state index contributed by atoms with van der Waals surface area (Å²) in [5.74, 6) is 1.93. The molecule has 0 unspecified atom stereocenters. The quantitative estimate of drug-likeness (QED) is 0.832. The molecule has 2 aromatic rings. The Morgan fingerprint density at radius 3 is 2.80 bits per heavy atom. The molecule has 0 N–H and O–H groups in total. The molecular formula is C15H18ClN3O. The normalized spacial score (nSPS) is 10.4. The molecule has 1 heterocycles. The van der Waals surface area contributed by atoms with Crippen LogP contribution in [-0.4, -0.2) is 23.6 Å². The Balaban J connectivity index is 2.21. The molecule has 0 radical (unpaired) electrons. The lowest BCUT2D eigenvalue weighted by Gasteiger charge is -2.17. The fourth-order valence-corrected chi connectivity index (χ4v) is 2.00. The summed E-state index contributed by atoms with van der Waals surface area (Å²) in [6.45, 7) is 5.05. The minimum Gasteiger partial charge on any atom is -0.437 e. The maximum atomic E-state index is 6.12. The van der Waals surface area contributed by atoms with Crippen molar-refractivity contribution in [2.45, 2.75) is 20.3 Å². The first kappa shape index (κ1) is 14.6. The van der Waals surface area contributed by atoms with Crippen LogP contribution in [-0.2, 0) is 0 Å². The van der Waals surface area contributed by atoms with Gasteiger partial charge in [0.1, 0.15) is 17.9 Å². The van der Waals surface area contributed by atoms with E-state index < -0.39 is 0 Å². The topological polar surface area (TPSA) is 38.2 Å². The number of anilines is 1. The SMILES string of the molecule is CCCN(C)c1cc(Oc2cc(C)ccc2Cl)ncn1. The monoisotopic (exact) mass is 291 g/mol. The van der Waals surface area contributed by atoms with Gasteiger partial charge in [-0.1, -0.05) is 24.6 Å². The first-order chi connectivity index (χ1) is 9.60. The van der Waals surface area contributed by atoms with Crippen molar-refractivity contribution in [3.05, 3.63) is 41.2 Å². The first-order valence-electron chi connectivity index (χ1n) is 6.57. The van der Waals surface area contributed by atoms with E-state index in [0.717, 1.165) is 24.3 Å². The summed E-state index contributed by atoms with van der Waals surface area (Å²) in [4.78, 5) is 10.4. The number of rotatable bonds is 5. The molecule has 0 amide bonds. The van der Waals surface area contributed by atoms with E-state index in [1.807, 2.05) is 38.2 Å². The molecular weight excluding hydrogens is 274 g/mol. The van der Waals surface area contributed by atoms with Crippen LogP contribution in [0, 0.1) is 6.92 Å². The van der Waals surface area contributed by atoms with E-state index in [4.69, 9.17) is 16.3 Å². The van der Waals surface area contributed by atoms with E-state index in [2.05, 4.69) is 21.8 Å². The van der Waals surface area contributed by atoms with Gasteiger partial charge in [-0.2, -0.15) is 0 Å². The van der Waals surface area contributed by atoms with E-state index >= 15 is 0 Å². The molecule has 0 atom stereocenters. The average Bonchev–Trinajstić information content (AvgIpc) is 2.43. The summed E-state index contributed by atoms with van der Waals surface area (Å²) in [5.41, 5.74) is 1.08. The Bertz CT molecular complexity index is 589. The largest absolute Gasteiger partial charge is 0.437 e. The van der Waals surface area contributed by atoms with Gasteiger partial charge < -0.3 is 9.64 Å². The molecule has 2 rings (SSSR count). The van der Waals surface area contributed by atoms with Crippen molar-refractivity contribution >= 4 is 17.4 Å². The van der Waals surface area contributed by atoms with Crippen LogP contribution in [0.5, 0.6) is 11.6 Å². The molecule has 0 saturated heterocycles. The molecule has 1 aromatic carbocycles. The molecule has 0 fully saturated rings. The summed E-state index contributed by atoms with van der Waals surface area (Å²) >= 11 is 6.12. The van der Waals surface area contributed by atoms with Gasteiger partial charge in [0, 0.05) is 19.7 Å². The predicted octanol–water partition coefficient (Wildman–Crippen LogP) is 4.08. The average molecular weight is 292 g/mol. The van der Waals surface area contributed by atoms with Crippen LogP contribution in [0.15, 0.2) is 30.6 Å². The third kappa shape index (κ3) is 3.61. The van der Waals surface area contributed by atoms with Crippen LogP contribution < -0.4 is 9.64 Å². The number of aryl methyl sites for hydroxylation is 1. The van der Waals surface area contributed by atoms with Gasteiger partial charge in [-0.15, -0.1) is 0 Å². The van der Waals surface area contributed by atoms with E-state index in [-0.39, 0.29) is 0 Å². The van der Waals surface area contributed by atoms with Crippen LogP contribution in [0.1, 0.15) is 18.9 Å². The number of hydrogen-bond donors (Lipinski definition) is 0. The Morgan fingerprint density at radius 2 is 2.05 bits per heavy atom. The Morgan fingerprint density at radius 1 is 1.25 bits per heavy atom. The third-order valence-corrected chi connectivity index (χ3v) is 3.19. The van der Waals surface area contributed by atoms with Gasteiger partial charge >= 0.3 is 0 Å². The van der Waals surface area contributed by atoms with Gasteiger partial charge in [0.25, 0.3) is 0 Å². The highest BCUT2D eigenvalue weighted by Gasteiger charge is 2.08. The number of nitrogens with zero attached hydrogens (tertiary/aromatic N) is 3. The number of hydrogen-bond acceptors (Lipinski definition) is 4. The lowest BCUT2D eigenvalue weighted by molar-refractivity contribution is 0.461. The molecule has 0 aliphatic rings. The zero-order chi connectivity index (χ0) is 14.5. The van der Waals surface area contributed by atoms with Gasteiger partial charge in [0.15, 0.2) is 0 Å². The standard InChI is InChI=1S/C15H18ClN3O/c1-4-7-19(3)14-9-15(18-10-17-14)20-13-8-11(2)5-6-12(13)16/h5-6,8-10H,4,7H2,1-3H3. The van der Waals surface area contributed by atoms with Gasteiger partial charge in [-0.3, -0.25) is 0 Å². The Kier molecular flexibility index (Phi) is 4.79. The minimum absolute atomic E-state index is 0.491. The molecule has 4 nitrogen and oxygen atoms in total. The highest BCUT2D eigenvalue weighted by Crippen LogP contribution is 2.29. The lowest BCUT2D eigenvalue weighted by atomic mass is 10.2. The molecule has 5 heteroatoms. The van der Waals surface area contributed by atoms with Crippen molar-refractivity contribution in [3.63, 3.8) is 0 Å². The predicted molar refractivity (Wildman–Crippen MR) is 81.9 cm³/mol. The third-order valence-electron chi connectivity index (χ3n) is 2.88. The zero-order valence-corrected chi connectivity index (χ0v) is 12.7. The summed E-state index contributed by atoms with van der Waals surface area (Å²) in [5, 5.41) is 0.567. The van der Waals surface area contributed by atoms with Crippen molar-refractivity contribution in [1.82, 2.24) is 9.97 Å². The van der Waals surface area contributed by atoms with Gasteiger partial charge in [0.2, 0.25) is 5.88 Å². The number of halogens is 1. The lowest BCUT2D eigenvalue weighted by Crippen LogP contribution is -2.19. The maximum Gasteiger partial charge on any atom is 0.224 e. The molecule has 20 heavy (non-hydrogen) atoms. The fraction of sp³-hybridized carbons (Fsp3) is 0.333. The van der Waals surface area contributed by atoms with Gasteiger partial charge in [-0.05, 0) is 31.0 Å². The van der Waals surface area contributed by atoms with Crippen LogP contribution in [0.2, 0.25) is 5.02 Å². The second-order valence-electron chi connectivity index (χ2n) is 4.67. The Hall–Kier alpha value is -1.81. The van der Waals surface area contributed by atoms with Crippen molar-refractivity contribution in [2.75, 3.05) is 18.5 Å². The minimum atomic E-state index is 0.491. The van der Waals surface area contributed by atoms with Crippen molar-refractivity contribution < 1.29 is 4.74 Å². The molecule has 0 aliphatic carbocycles. The zero-order valence-electron chi connectivity index (χ0n) is 11.9. The van der Waals surface area contributed by atoms with Crippen molar-refractivity contribution in [3.8, 4) is 11.6 Å². The Labute approximate surface area is 124 Å². The molecule has 106 valence electrons. The van der Waals surface area contributed by atoms with Crippen LogP contribution in [0.4, 0.5) is 5.82 Å². The van der Waals surface area contributed by atoms with E-state index in [0.29, 0.717) is 16.7 Å². The van der Waals surface area contributed by atoms with E-state index in [9.17, 15) is 0 Å². The van der Waals surface area contributed by atoms with Crippen molar-refractivity contribution in [2.24, 2.45) is 0 Å². The van der Waals surface area contributed by atoms with Crippen molar-refractivity contribution in [1.29, 1.82) is 0 Å². The smallest absolute Gasteiger partial charge is 0.224 e. The first-order valence-corrected chi connectivity index (χ1v) is 6.95. The fourth-order valence-electron chi connectivity index (χ4n) is 1.85. The van der Waals surface area contributed by atoms with Crippen LogP contribution in [0.3, 0.4) is 0 Å². The highest BCUT2D eigenvalue weighted by atomic mass is 35.5. The molecule has 1 aromatic heterocycles. The summed E-state index contributed by atoms with van der Waals surface area (Å²) < 4.78 is 5.75. The second-order valence-corrected chi connectivity index (χ2v) is 5.08. The molecule has 0 aliphatic heterocycles. The van der Waals surface area contributed by atoms with Crippen LogP contribution in [0.25, 0.3) is 0 Å². The number of benzene rings is 1. The second kappa shape index (κ2) is 6.57. The number of aromatic nitrogens is 2. The molecule has 0 saturated carbocycles. The van der Waals surface area contributed by atoms with E-state index in [1.165, 1.54) is 6.33 Å². The summed E-state index contributed by atoms with van der Waals surface area (Å²) in [6, 6.07) is 7.46. The molecule has 0 spiro atoms. The molecule has 0 bridgehead atoms. The number of ether oxygens (including phenoxy) is 1. The van der Waals surface area contributed by atoms with Crippen LogP contribution >= 0.6 is 11.6 Å². The summed E-state index contributed by atoms with van der Waals surface area (Å²) in [6.07, 6.45) is 2.56.